The summed E-state index contributed by atoms with van der Waals surface area (Å²) >= 11 is 0. The van der Waals surface area contributed by atoms with Gasteiger partial charge in [-0.3, -0.25) is 24.7 Å². The molecule has 3 aromatic rings. The highest BCUT2D eigenvalue weighted by molar-refractivity contribution is 5.80. The van der Waals surface area contributed by atoms with Gasteiger partial charge in [0.1, 0.15) is 0 Å². The molecular formula is C16H16N4O3. The van der Waals surface area contributed by atoms with Gasteiger partial charge in [-0.05, 0) is 18.6 Å². The molecule has 0 bridgehead atoms. The molecule has 1 unspecified atom stereocenters. The lowest BCUT2D eigenvalue weighted by molar-refractivity contribution is -0.140. The summed E-state index contributed by atoms with van der Waals surface area (Å²) in [5, 5.41) is 5.36. The Kier molecular flexibility index (Phi) is 3.92. The molecule has 0 aliphatic heterocycles. The van der Waals surface area contributed by atoms with Gasteiger partial charge in [-0.2, -0.15) is 0 Å². The number of hydrogen-bond donors (Lipinski definition) is 2. The van der Waals surface area contributed by atoms with E-state index < -0.39 is 11.9 Å². The molecule has 0 saturated heterocycles. The van der Waals surface area contributed by atoms with E-state index in [9.17, 15) is 9.59 Å². The SMILES string of the molecule is COC(=O)CC(c1c(C)[nH][nH]c1=O)c1cccc2nccnc12. The lowest BCUT2D eigenvalue weighted by Crippen LogP contribution is -2.17. The van der Waals surface area contributed by atoms with Crippen LogP contribution in [-0.4, -0.2) is 33.2 Å². The average Bonchev–Trinajstić information content (AvgIpc) is 2.91. The van der Waals surface area contributed by atoms with E-state index in [1.165, 1.54) is 7.11 Å². The first-order valence-corrected chi connectivity index (χ1v) is 7.15. The van der Waals surface area contributed by atoms with Crippen LogP contribution >= 0.6 is 0 Å². The lowest BCUT2D eigenvalue weighted by Gasteiger charge is -2.16. The zero-order chi connectivity index (χ0) is 16.4. The van der Waals surface area contributed by atoms with Crippen molar-refractivity contribution in [3.8, 4) is 0 Å². The number of carbonyl (C=O) groups excluding carboxylic acids is 1. The van der Waals surface area contributed by atoms with Crippen molar-refractivity contribution in [1.29, 1.82) is 0 Å². The van der Waals surface area contributed by atoms with Crippen molar-refractivity contribution in [2.45, 2.75) is 19.3 Å². The fourth-order valence-electron chi connectivity index (χ4n) is 2.79. The maximum absolute atomic E-state index is 12.2. The summed E-state index contributed by atoms with van der Waals surface area (Å²) in [5.41, 5.74) is 3.10. The molecule has 0 amide bonds. The van der Waals surface area contributed by atoms with E-state index >= 15 is 0 Å². The molecule has 118 valence electrons. The number of aromatic nitrogens is 4. The molecule has 0 aliphatic carbocycles. The van der Waals surface area contributed by atoms with E-state index in [2.05, 4.69) is 20.2 Å². The molecule has 1 aromatic carbocycles. The minimum absolute atomic E-state index is 0.0496. The van der Waals surface area contributed by atoms with Crippen LogP contribution in [-0.2, 0) is 9.53 Å². The Labute approximate surface area is 131 Å². The van der Waals surface area contributed by atoms with Crippen molar-refractivity contribution < 1.29 is 9.53 Å². The van der Waals surface area contributed by atoms with Crippen LogP contribution in [0.2, 0.25) is 0 Å². The molecule has 0 aliphatic rings. The lowest BCUT2D eigenvalue weighted by atomic mass is 9.87. The number of fused-ring (bicyclic) bond motifs is 1. The summed E-state index contributed by atoms with van der Waals surface area (Å²) in [4.78, 5) is 32.7. The van der Waals surface area contributed by atoms with Gasteiger partial charge in [0, 0.05) is 29.6 Å². The van der Waals surface area contributed by atoms with Crippen molar-refractivity contribution in [1.82, 2.24) is 20.2 Å². The van der Waals surface area contributed by atoms with Crippen LogP contribution in [0.3, 0.4) is 0 Å². The number of carbonyl (C=O) groups is 1. The van der Waals surface area contributed by atoms with Crippen LogP contribution in [0, 0.1) is 6.92 Å². The van der Waals surface area contributed by atoms with Crippen LogP contribution in [0.1, 0.15) is 29.2 Å². The highest BCUT2D eigenvalue weighted by atomic mass is 16.5. The Morgan fingerprint density at radius 2 is 2.04 bits per heavy atom. The van der Waals surface area contributed by atoms with Crippen LogP contribution < -0.4 is 5.56 Å². The van der Waals surface area contributed by atoms with Crippen LogP contribution in [0.5, 0.6) is 0 Å². The molecule has 0 spiro atoms. The Morgan fingerprint density at radius 1 is 1.26 bits per heavy atom. The maximum Gasteiger partial charge on any atom is 0.306 e. The zero-order valence-electron chi connectivity index (χ0n) is 12.8. The predicted molar refractivity (Wildman–Crippen MR) is 84.2 cm³/mol. The topological polar surface area (TPSA) is 101 Å². The van der Waals surface area contributed by atoms with Crippen molar-refractivity contribution in [3.63, 3.8) is 0 Å². The van der Waals surface area contributed by atoms with E-state index in [0.717, 1.165) is 5.56 Å². The van der Waals surface area contributed by atoms with Gasteiger partial charge in [-0.1, -0.05) is 12.1 Å². The summed E-state index contributed by atoms with van der Waals surface area (Å²) in [5.74, 6) is -0.853. The number of aryl methyl sites for hydroxylation is 1. The number of nitrogens with zero attached hydrogens (tertiary/aromatic N) is 2. The monoisotopic (exact) mass is 312 g/mol. The number of esters is 1. The molecule has 1 atom stereocenters. The number of H-pyrrole nitrogens is 2. The van der Waals surface area contributed by atoms with Crippen LogP contribution in [0.15, 0.2) is 35.4 Å². The molecule has 2 heterocycles. The molecule has 0 radical (unpaired) electrons. The number of para-hydroxylation sites is 1. The first-order chi connectivity index (χ1) is 11.1. The quantitative estimate of drug-likeness (QED) is 0.713. The third-order valence-electron chi connectivity index (χ3n) is 3.86. The van der Waals surface area contributed by atoms with Crippen LogP contribution in [0.25, 0.3) is 11.0 Å². The maximum atomic E-state index is 12.2. The van der Waals surface area contributed by atoms with Gasteiger partial charge in [0.05, 0.1) is 24.6 Å². The number of methoxy groups -OCH3 is 1. The molecule has 0 fully saturated rings. The molecule has 2 aromatic heterocycles. The van der Waals surface area contributed by atoms with Crippen molar-refractivity contribution in [2.75, 3.05) is 7.11 Å². The molecule has 7 nitrogen and oxygen atoms in total. The third-order valence-corrected chi connectivity index (χ3v) is 3.86. The van der Waals surface area contributed by atoms with Gasteiger partial charge in [0.15, 0.2) is 0 Å². The minimum atomic E-state index is -0.460. The van der Waals surface area contributed by atoms with Crippen molar-refractivity contribution in [2.24, 2.45) is 0 Å². The van der Waals surface area contributed by atoms with E-state index in [0.29, 0.717) is 22.3 Å². The smallest absolute Gasteiger partial charge is 0.306 e. The van der Waals surface area contributed by atoms with E-state index in [-0.39, 0.29) is 12.0 Å². The first-order valence-electron chi connectivity index (χ1n) is 7.15. The highest BCUT2D eigenvalue weighted by Gasteiger charge is 2.26. The number of ether oxygens (including phenoxy) is 1. The summed E-state index contributed by atoms with van der Waals surface area (Å²) in [6.07, 6.45) is 3.25. The van der Waals surface area contributed by atoms with Gasteiger partial charge < -0.3 is 9.84 Å². The van der Waals surface area contributed by atoms with E-state index in [1.807, 2.05) is 18.2 Å². The third kappa shape index (κ3) is 2.73. The zero-order valence-corrected chi connectivity index (χ0v) is 12.8. The highest BCUT2D eigenvalue weighted by Crippen LogP contribution is 2.31. The minimum Gasteiger partial charge on any atom is -0.469 e. The Bertz CT molecular complexity index is 908. The van der Waals surface area contributed by atoms with Gasteiger partial charge in [0.25, 0.3) is 5.56 Å². The molecule has 7 heteroatoms. The summed E-state index contributed by atoms with van der Waals surface area (Å²) in [6.45, 7) is 1.79. The van der Waals surface area contributed by atoms with Gasteiger partial charge >= 0.3 is 5.97 Å². The molecular weight excluding hydrogens is 296 g/mol. The first kappa shape index (κ1) is 15.0. The summed E-state index contributed by atoms with van der Waals surface area (Å²) < 4.78 is 4.79. The molecule has 0 saturated carbocycles. The Morgan fingerprint density at radius 3 is 2.74 bits per heavy atom. The number of rotatable bonds is 4. The number of benzene rings is 1. The second-order valence-electron chi connectivity index (χ2n) is 5.22. The van der Waals surface area contributed by atoms with E-state index in [1.54, 1.807) is 19.3 Å². The van der Waals surface area contributed by atoms with Gasteiger partial charge in [-0.25, -0.2) is 0 Å². The number of aromatic amines is 2. The normalized spacial score (nSPS) is 12.3. The predicted octanol–water partition coefficient (Wildman–Crippen LogP) is 1.65. The summed E-state index contributed by atoms with van der Waals surface area (Å²) in [7, 11) is 1.33. The fraction of sp³-hybridized carbons (Fsp3) is 0.250. The number of nitrogens with one attached hydrogen (secondary N) is 2. The second-order valence-corrected chi connectivity index (χ2v) is 5.22. The largest absolute Gasteiger partial charge is 0.469 e. The van der Waals surface area contributed by atoms with Gasteiger partial charge in [0.2, 0.25) is 0 Å². The fourth-order valence-corrected chi connectivity index (χ4v) is 2.79. The second kappa shape index (κ2) is 6.04. The Balaban J connectivity index is 2.22. The van der Waals surface area contributed by atoms with E-state index in [4.69, 9.17) is 4.74 Å². The van der Waals surface area contributed by atoms with Crippen molar-refractivity contribution in [3.05, 3.63) is 57.8 Å². The Hall–Kier alpha value is -2.96. The summed E-state index contributed by atoms with van der Waals surface area (Å²) in [6, 6.07) is 5.54. The average molecular weight is 312 g/mol. The van der Waals surface area contributed by atoms with Gasteiger partial charge in [-0.15, -0.1) is 0 Å². The standard InChI is InChI=1S/C16H16N4O3/c1-9-14(16(22)20-19-9)11(8-13(21)23-2)10-4-3-5-12-15(10)18-7-6-17-12/h3-7,11H,8H2,1-2H3,(H2,19,20,22). The van der Waals surface area contributed by atoms with Crippen molar-refractivity contribution >= 4 is 17.0 Å². The number of hydrogen-bond acceptors (Lipinski definition) is 5. The molecule has 2 N–H and O–H groups in total. The molecule has 3 rings (SSSR count). The molecule has 23 heavy (non-hydrogen) atoms. The van der Waals surface area contributed by atoms with Crippen LogP contribution in [0.4, 0.5) is 0 Å².